The van der Waals surface area contributed by atoms with Crippen molar-refractivity contribution in [3.05, 3.63) is 47.0 Å². The molecule has 1 amide bonds. The van der Waals surface area contributed by atoms with Gasteiger partial charge in [0.1, 0.15) is 11.6 Å². The lowest BCUT2D eigenvalue weighted by molar-refractivity contribution is -0.113. The molecule has 1 aromatic heterocycles. The Morgan fingerprint density at radius 2 is 2.18 bits per heavy atom. The second-order valence-electron chi connectivity index (χ2n) is 6.15. The molecule has 0 radical (unpaired) electrons. The molecule has 7 nitrogen and oxygen atoms in total. The number of ether oxygens (including phenoxy) is 1. The molecule has 1 aliphatic heterocycles. The fraction of sp³-hybridized carbons (Fsp3) is 0.389. The van der Waals surface area contributed by atoms with E-state index < -0.39 is 5.82 Å². The predicted octanol–water partition coefficient (Wildman–Crippen LogP) is 2.93. The zero-order chi connectivity index (χ0) is 19.9. The van der Waals surface area contributed by atoms with Crippen molar-refractivity contribution in [1.82, 2.24) is 19.7 Å². The number of rotatable bonds is 8. The molecule has 1 aliphatic rings. The predicted molar refractivity (Wildman–Crippen MR) is 110 cm³/mol. The lowest BCUT2D eigenvalue weighted by atomic mass is 10.3. The fourth-order valence-corrected chi connectivity index (χ4v) is 3.82. The molecule has 150 valence electrons. The Morgan fingerprint density at radius 1 is 1.39 bits per heavy atom. The third-order valence-electron chi connectivity index (χ3n) is 4.11. The highest BCUT2D eigenvalue weighted by Gasteiger charge is 2.18. The molecular weight excluding hydrogens is 449 g/mol. The van der Waals surface area contributed by atoms with Gasteiger partial charge >= 0.3 is 0 Å². The van der Waals surface area contributed by atoms with E-state index in [9.17, 15) is 9.18 Å². The van der Waals surface area contributed by atoms with Crippen LogP contribution in [0.1, 0.15) is 5.82 Å². The summed E-state index contributed by atoms with van der Waals surface area (Å²) < 4.78 is 21.8. The molecule has 28 heavy (non-hydrogen) atoms. The van der Waals surface area contributed by atoms with Gasteiger partial charge in [0.15, 0.2) is 5.16 Å². The zero-order valence-electron chi connectivity index (χ0n) is 15.2. The summed E-state index contributed by atoms with van der Waals surface area (Å²) in [7, 11) is 0. The first-order valence-electron chi connectivity index (χ1n) is 8.77. The smallest absolute Gasteiger partial charge is 0.234 e. The van der Waals surface area contributed by atoms with Crippen molar-refractivity contribution in [3.8, 4) is 0 Å². The van der Waals surface area contributed by atoms with Crippen LogP contribution in [0.4, 0.5) is 10.1 Å². The van der Waals surface area contributed by atoms with Crippen LogP contribution in [0.5, 0.6) is 0 Å². The Hall–Kier alpha value is -1.75. The second kappa shape index (κ2) is 10.1. The highest BCUT2D eigenvalue weighted by Crippen LogP contribution is 2.21. The Kier molecular flexibility index (Phi) is 7.60. The summed E-state index contributed by atoms with van der Waals surface area (Å²) in [4.78, 5) is 14.5. The molecule has 0 atom stereocenters. The van der Waals surface area contributed by atoms with Crippen molar-refractivity contribution >= 4 is 39.3 Å². The molecule has 0 spiro atoms. The number of amides is 1. The minimum atomic E-state index is -0.490. The Morgan fingerprint density at radius 3 is 2.89 bits per heavy atom. The summed E-state index contributed by atoms with van der Waals surface area (Å²) in [6.07, 6.45) is 1.77. The van der Waals surface area contributed by atoms with Gasteiger partial charge in [0.05, 0.1) is 31.2 Å². The maximum Gasteiger partial charge on any atom is 0.234 e. The Balaban J connectivity index is 1.61. The van der Waals surface area contributed by atoms with E-state index in [0.29, 0.717) is 35.9 Å². The summed E-state index contributed by atoms with van der Waals surface area (Å²) in [5.41, 5.74) is 0.148. The van der Waals surface area contributed by atoms with E-state index in [-0.39, 0.29) is 17.3 Å². The first kappa shape index (κ1) is 21.0. The van der Waals surface area contributed by atoms with Crippen molar-refractivity contribution in [2.75, 3.05) is 37.4 Å². The van der Waals surface area contributed by atoms with Gasteiger partial charge in [-0.15, -0.1) is 16.8 Å². The lowest BCUT2D eigenvalue weighted by Crippen LogP contribution is -2.36. The third kappa shape index (κ3) is 5.63. The number of allylic oxidation sites excluding steroid dienone is 1. The normalized spacial score (nSPS) is 14.8. The van der Waals surface area contributed by atoms with E-state index in [2.05, 4.69) is 42.9 Å². The molecule has 0 unspecified atom stereocenters. The van der Waals surface area contributed by atoms with Crippen LogP contribution in [0.2, 0.25) is 0 Å². The van der Waals surface area contributed by atoms with E-state index in [1.807, 2.05) is 4.57 Å². The summed E-state index contributed by atoms with van der Waals surface area (Å²) in [5, 5.41) is 11.7. The van der Waals surface area contributed by atoms with Crippen molar-refractivity contribution in [1.29, 1.82) is 0 Å². The van der Waals surface area contributed by atoms with Gasteiger partial charge in [0.25, 0.3) is 0 Å². The summed E-state index contributed by atoms with van der Waals surface area (Å²) >= 11 is 4.45. The maximum absolute atomic E-state index is 13.9. The van der Waals surface area contributed by atoms with Crippen LogP contribution in [0.3, 0.4) is 0 Å². The van der Waals surface area contributed by atoms with Crippen LogP contribution in [-0.2, 0) is 22.6 Å². The van der Waals surface area contributed by atoms with Crippen molar-refractivity contribution in [2.24, 2.45) is 0 Å². The molecule has 1 aromatic carbocycles. The zero-order valence-corrected chi connectivity index (χ0v) is 17.6. The van der Waals surface area contributed by atoms with Crippen LogP contribution < -0.4 is 5.32 Å². The lowest BCUT2D eigenvalue weighted by Gasteiger charge is -2.26. The van der Waals surface area contributed by atoms with E-state index in [4.69, 9.17) is 4.74 Å². The Labute approximate surface area is 175 Å². The number of halogens is 2. The third-order valence-corrected chi connectivity index (χ3v) is 5.57. The van der Waals surface area contributed by atoms with Gasteiger partial charge in [-0.3, -0.25) is 9.69 Å². The minimum Gasteiger partial charge on any atom is -0.379 e. The average molecular weight is 470 g/mol. The van der Waals surface area contributed by atoms with Crippen LogP contribution in [0.15, 0.2) is 40.5 Å². The topological polar surface area (TPSA) is 72.3 Å². The number of hydrogen-bond acceptors (Lipinski definition) is 6. The quantitative estimate of drug-likeness (QED) is 0.473. The van der Waals surface area contributed by atoms with Crippen molar-refractivity contribution in [3.63, 3.8) is 0 Å². The molecular formula is C18H21BrFN5O2S. The largest absolute Gasteiger partial charge is 0.379 e. The summed E-state index contributed by atoms with van der Waals surface area (Å²) in [6.45, 7) is 8.14. The molecule has 0 bridgehead atoms. The molecule has 0 aliphatic carbocycles. The average Bonchev–Trinajstić information content (AvgIpc) is 3.05. The minimum absolute atomic E-state index is 0.0995. The number of aromatic nitrogens is 3. The summed E-state index contributed by atoms with van der Waals surface area (Å²) in [6, 6.07) is 4.49. The molecule has 10 heteroatoms. The fourth-order valence-electron chi connectivity index (χ4n) is 2.72. The molecule has 3 rings (SSSR count). The number of morpholine rings is 1. The van der Waals surface area contributed by atoms with Gasteiger partial charge in [-0.1, -0.05) is 33.8 Å². The highest BCUT2D eigenvalue weighted by molar-refractivity contribution is 9.10. The van der Waals surface area contributed by atoms with Crippen LogP contribution in [0.25, 0.3) is 0 Å². The number of carbonyl (C=O) groups excluding carboxylic acids is 1. The summed E-state index contributed by atoms with van der Waals surface area (Å²) in [5.74, 6) is 0.121. The van der Waals surface area contributed by atoms with Crippen LogP contribution >= 0.6 is 27.7 Å². The second-order valence-corrected chi connectivity index (χ2v) is 8.01. The van der Waals surface area contributed by atoms with Gasteiger partial charge in [-0.05, 0) is 18.2 Å². The molecule has 0 saturated carbocycles. The number of thioether (sulfide) groups is 1. The first-order valence-corrected chi connectivity index (χ1v) is 10.6. The van der Waals surface area contributed by atoms with Crippen LogP contribution in [0, 0.1) is 5.82 Å². The standard InChI is InChI=1S/C18H21BrFN5O2S/c1-2-5-25-16(11-24-6-8-27-9-7-24)22-23-18(25)28-12-17(26)21-15-4-3-13(19)10-14(15)20/h2-4,10H,1,5-9,11-12H2,(H,21,26). The van der Waals surface area contributed by atoms with Gasteiger partial charge < -0.3 is 14.6 Å². The van der Waals surface area contributed by atoms with E-state index in [0.717, 1.165) is 18.9 Å². The molecule has 1 saturated heterocycles. The highest BCUT2D eigenvalue weighted by atomic mass is 79.9. The van der Waals surface area contributed by atoms with Crippen molar-refractivity contribution in [2.45, 2.75) is 18.2 Å². The van der Waals surface area contributed by atoms with Gasteiger partial charge in [0, 0.05) is 24.1 Å². The molecule has 1 fully saturated rings. The van der Waals surface area contributed by atoms with Crippen LogP contribution in [-0.4, -0.2) is 57.6 Å². The molecule has 2 aromatic rings. The number of anilines is 1. The SMILES string of the molecule is C=CCn1c(CN2CCOCC2)nnc1SCC(=O)Nc1ccc(Br)cc1F. The molecule has 1 N–H and O–H groups in total. The van der Waals surface area contributed by atoms with E-state index >= 15 is 0 Å². The number of benzene rings is 1. The number of nitrogens with zero attached hydrogens (tertiary/aromatic N) is 4. The monoisotopic (exact) mass is 469 g/mol. The first-order chi connectivity index (χ1) is 13.6. The van der Waals surface area contributed by atoms with Gasteiger partial charge in [-0.25, -0.2) is 4.39 Å². The van der Waals surface area contributed by atoms with E-state index in [1.165, 1.54) is 23.9 Å². The Bertz CT molecular complexity index is 841. The maximum atomic E-state index is 13.9. The number of hydrogen-bond donors (Lipinski definition) is 1. The van der Waals surface area contributed by atoms with Gasteiger partial charge in [-0.2, -0.15) is 0 Å². The van der Waals surface area contributed by atoms with Crippen molar-refractivity contribution < 1.29 is 13.9 Å². The number of carbonyl (C=O) groups is 1. The number of nitrogens with one attached hydrogen (secondary N) is 1. The molecule has 2 heterocycles. The van der Waals surface area contributed by atoms with Gasteiger partial charge in [0.2, 0.25) is 5.91 Å². The van der Waals surface area contributed by atoms with E-state index in [1.54, 1.807) is 12.1 Å².